The molecule has 18 heavy (non-hydrogen) atoms. The van der Waals surface area contributed by atoms with Crippen molar-refractivity contribution in [1.82, 2.24) is 5.32 Å². The Kier molecular flexibility index (Phi) is 6.72. The molecule has 0 spiro atoms. The van der Waals surface area contributed by atoms with Gasteiger partial charge in [0.05, 0.1) is 0 Å². The van der Waals surface area contributed by atoms with Crippen molar-refractivity contribution in [2.24, 2.45) is 5.92 Å². The predicted molar refractivity (Wildman–Crippen MR) is 78.7 cm³/mol. The fourth-order valence-corrected chi connectivity index (χ4v) is 3.02. The van der Waals surface area contributed by atoms with Crippen molar-refractivity contribution >= 4 is 11.8 Å². The summed E-state index contributed by atoms with van der Waals surface area (Å²) in [4.78, 5) is 1.20. The van der Waals surface area contributed by atoms with Crippen molar-refractivity contribution in [1.29, 1.82) is 0 Å². The Balaban J connectivity index is 2.82. The number of benzene rings is 1. The van der Waals surface area contributed by atoms with E-state index in [1.807, 2.05) is 17.8 Å². The van der Waals surface area contributed by atoms with Gasteiger partial charge in [0, 0.05) is 16.7 Å². The summed E-state index contributed by atoms with van der Waals surface area (Å²) in [5.74, 6) is 1.64. The second-order valence-corrected chi connectivity index (χ2v) is 5.85. The molecule has 1 rings (SSSR count). The molecule has 1 aromatic carbocycles. The Morgan fingerprint density at radius 1 is 1.28 bits per heavy atom. The second-order valence-electron chi connectivity index (χ2n) is 4.79. The summed E-state index contributed by atoms with van der Waals surface area (Å²) in [6, 6.07) is 5.32. The van der Waals surface area contributed by atoms with Crippen LogP contribution in [-0.4, -0.2) is 12.3 Å². The number of hydrogen-bond acceptors (Lipinski definition) is 2. The summed E-state index contributed by atoms with van der Waals surface area (Å²) in [5, 5.41) is 3.35. The molecule has 0 aromatic heterocycles. The van der Waals surface area contributed by atoms with Gasteiger partial charge in [0.25, 0.3) is 0 Å². The molecule has 1 aromatic rings. The predicted octanol–water partition coefficient (Wildman–Crippen LogP) is 4.63. The average molecular weight is 269 g/mol. The summed E-state index contributed by atoms with van der Waals surface area (Å²) in [6.07, 6.45) is 1.19. The van der Waals surface area contributed by atoms with Gasteiger partial charge >= 0.3 is 0 Å². The Morgan fingerprint density at radius 2 is 2.00 bits per heavy atom. The first-order valence-electron chi connectivity index (χ1n) is 6.74. The van der Waals surface area contributed by atoms with E-state index in [1.165, 1.54) is 11.3 Å². The minimum atomic E-state index is -0.150. The van der Waals surface area contributed by atoms with Crippen LogP contribution in [0.5, 0.6) is 0 Å². The van der Waals surface area contributed by atoms with Crippen molar-refractivity contribution in [3.05, 3.63) is 29.6 Å². The van der Waals surface area contributed by atoms with Gasteiger partial charge in [-0.1, -0.05) is 27.2 Å². The molecule has 0 bridgehead atoms. The SMILES string of the molecule is CCNC(C)c1cc(F)ccc1SCC(C)CC. The Labute approximate surface area is 115 Å². The maximum atomic E-state index is 13.4. The molecular formula is C15H24FNS. The van der Waals surface area contributed by atoms with Gasteiger partial charge in [-0.05, 0) is 43.1 Å². The highest BCUT2D eigenvalue weighted by molar-refractivity contribution is 7.99. The van der Waals surface area contributed by atoms with Crippen LogP contribution in [0.4, 0.5) is 4.39 Å². The molecule has 0 fully saturated rings. The molecular weight excluding hydrogens is 245 g/mol. The lowest BCUT2D eigenvalue weighted by Crippen LogP contribution is -2.18. The Morgan fingerprint density at radius 3 is 2.61 bits per heavy atom. The van der Waals surface area contributed by atoms with Crippen LogP contribution in [0.1, 0.15) is 45.7 Å². The summed E-state index contributed by atoms with van der Waals surface area (Å²) in [6.45, 7) is 9.52. The van der Waals surface area contributed by atoms with E-state index in [2.05, 4.69) is 33.0 Å². The second kappa shape index (κ2) is 7.80. The first-order valence-corrected chi connectivity index (χ1v) is 7.72. The zero-order valence-corrected chi connectivity index (χ0v) is 12.6. The fourth-order valence-electron chi connectivity index (χ4n) is 1.76. The van der Waals surface area contributed by atoms with E-state index in [-0.39, 0.29) is 11.9 Å². The summed E-state index contributed by atoms with van der Waals surface area (Å²) in [7, 11) is 0. The lowest BCUT2D eigenvalue weighted by atomic mass is 10.1. The number of rotatable bonds is 7. The maximum absolute atomic E-state index is 13.4. The highest BCUT2D eigenvalue weighted by Crippen LogP contribution is 2.30. The molecule has 2 unspecified atom stereocenters. The zero-order chi connectivity index (χ0) is 13.5. The number of hydrogen-bond donors (Lipinski definition) is 1. The van der Waals surface area contributed by atoms with E-state index < -0.39 is 0 Å². The molecule has 0 saturated heterocycles. The van der Waals surface area contributed by atoms with Crippen molar-refractivity contribution < 1.29 is 4.39 Å². The topological polar surface area (TPSA) is 12.0 Å². The molecule has 102 valence electrons. The summed E-state index contributed by atoms with van der Waals surface area (Å²) < 4.78 is 13.4. The first kappa shape index (κ1) is 15.5. The normalized spacial score (nSPS) is 14.5. The third-order valence-electron chi connectivity index (χ3n) is 3.17. The number of nitrogens with one attached hydrogen (secondary N) is 1. The molecule has 1 nitrogen and oxygen atoms in total. The molecule has 1 N–H and O–H groups in total. The third-order valence-corrected chi connectivity index (χ3v) is 4.59. The van der Waals surface area contributed by atoms with E-state index in [1.54, 1.807) is 12.1 Å². The average Bonchev–Trinajstić information content (AvgIpc) is 2.37. The van der Waals surface area contributed by atoms with E-state index in [4.69, 9.17) is 0 Å². The number of halogens is 1. The third kappa shape index (κ3) is 4.62. The lowest BCUT2D eigenvalue weighted by Gasteiger charge is -2.18. The molecule has 0 aliphatic carbocycles. The molecule has 0 aliphatic heterocycles. The van der Waals surface area contributed by atoms with Crippen LogP contribution in [0, 0.1) is 11.7 Å². The zero-order valence-electron chi connectivity index (χ0n) is 11.8. The van der Waals surface area contributed by atoms with Gasteiger partial charge in [0.2, 0.25) is 0 Å². The van der Waals surface area contributed by atoms with E-state index in [9.17, 15) is 4.39 Å². The molecule has 0 saturated carbocycles. The fraction of sp³-hybridized carbons (Fsp3) is 0.600. The van der Waals surface area contributed by atoms with Crippen LogP contribution < -0.4 is 5.32 Å². The van der Waals surface area contributed by atoms with Crippen LogP contribution in [0.2, 0.25) is 0 Å². The van der Waals surface area contributed by atoms with Crippen molar-refractivity contribution in [3.8, 4) is 0 Å². The highest BCUT2D eigenvalue weighted by Gasteiger charge is 2.12. The summed E-state index contributed by atoms with van der Waals surface area (Å²) in [5.41, 5.74) is 1.07. The van der Waals surface area contributed by atoms with Gasteiger partial charge in [-0.15, -0.1) is 11.8 Å². The minimum Gasteiger partial charge on any atom is -0.310 e. The first-order chi connectivity index (χ1) is 8.58. The Hall–Kier alpha value is -0.540. The maximum Gasteiger partial charge on any atom is 0.123 e. The molecule has 0 aliphatic rings. The quantitative estimate of drug-likeness (QED) is 0.724. The molecule has 2 atom stereocenters. The van der Waals surface area contributed by atoms with Crippen LogP contribution >= 0.6 is 11.8 Å². The van der Waals surface area contributed by atoms with Crippen LogP contribution in [0.3, 0.4) is 0 Å². The van der Waals surface area contributed by atoms with E-state index in [0.29, 0.717) is 5.92 Å². The summed E-state index contributed by atoms with van der Waals surface area (Å²) >= 11 is 1.84. The lowest BCUT2D eigenvalue weighted by molar-refractivity contribution is 0.574. The van der Waals surface area contributed by atoms with Gasteiger partial charge in [-0.3, -0.25) is 0 Å². The van der Waals surface area contributed by atoms with Crippen molar-refractivity contribution in [2.45, 2.75) is 45.1 Å². The smallest absolute Gasteiger partial charge is 0.123 e. The van der Waals surface area contributed by atoms with Crippen LogP contribution in [0.25, 0.3) is 0 Å². The Bertz CT molecular complexity index is 368. The minimum absolute atomic E-state index is 0.150. The van der Waals surface area contributed by atoms with Gasteiger partial charge in [0.15, 0.2) is 0 Å². The van der Waals surface area contributed by atoms with E-state index >= 15 is 0 Å². The molecule has 0 radical (unpaired) electrons. The molecule has 0 heterocycles. The van der Waals surface area contributed by atoms with Gasteiger partial charge in [0.1, 0.15) is 5.82 Å². The van der Waals surface area contributed by atoms with Gasteiger partial charge < -0.3 is 5.32 Å². The number of thioether (sulfide) groups is 1. The van der Waals surface area contributed by atoms with E-state index in [0.717, 1.165) is 17.9 Å². The van der Waals surface area contributed by atoms with Crippen molar-refractivity contribution in [2.75, 3.05) is 12.3 Å². The van der Waals surface area contributed by atoms with Gasteiger partial charge in [-0.2, -0.15) is 0 Å². The molecule has 0 amide bonds. The van der Waals surface area contributed by atoms with Gasteiger partial charge in [-0.25, -0.2) is 4.39 Å². The monoisotopic (exact) mass is 269 g/mol. The molecule has 3 heteroatoms. The standard InChI is InChI=1S/C15H24FNS/c1-5-11(3)10-18-15-8-7-13(16)9-14(15)12(4)17-6-2/h7-9,11-12,17H,5-6,10H2,1-4H3. The highest BCUT2D eigenvalue weighted by atomic mass is 32.2. The van der Waals surface area contributed by atoms with Crippen LogP contribution in [0.15, 0.2) is 23.1 Å². The van der Waals surface area contributed by atoms with Crippen molar-refractivity contribution in [3.63, 3.8) is 0 Å². The van der Waals surface area contributed by atoms with Crippen LogP contribution in [-0.2, 0) is 0 Å². The largest absolute Gasteiger partial charge is 0.310 e.